The fourth-order valence-electron chi connectivity index (χ4n) is 4.03. The molecule has 7 heteroatoms. The highest BCUT2D eigenvalue weighted by Crippen LogP contribution is 2.29. The van der Waals surface area contributed by atoms with Gasteiger partial charge in [0.05, 0.1) is 11.7 Å². The Morgan fingerprint density at radius 2 is 1.53 bits per heavy atom. The smallest absolute Gasteiger partial charge is 0.311 e. The van der Waals surface area contributed by atoms with Gasteiger partial charge in [0.25, 0.3) is 0 Å². The molecule has 1 saturated heterocycles. The molecule has 1 unspecified atom stereocenters. The normalized spacial score (nSPS) is 14.9. The number of anilines is 1. The number of imide groups is 2. The van der Waals surface area contributed by atoms with E-state index in [1.165, 1.54) is 4.90 Å². The molecule has 1 aliphatic rings. The molecule has 1 fully saturated rings. The van der Waals surface area contributed by atoms with Crippen molar-refractivity contribution in [1.29, 1.82) is 0 Å². The summed E-state index contributed by atoms with van der Waals surface area (Å²) in [6.45, 7) is 3.35. The molecular formula is C25H23N3O4. The third kappa shape index (κ3) is 3.62. The van der Waals surface area contributed by atoms with Crippen LogP contribution in [0.1, 0.15) is 25.5 Å². The highest BCUT2D eigenvalue weighted by molar-refractivity contribution is 6.45. The molecule has 1 atom stereocenters. The first-order chi connectivity index (χ1) is 15.4. The SMILES string of the molecule is CCN(C(=O)CN1C(=O)C(=O)N(C(C)c2ccccc2)C1=O)c1cccc2ccccc12. The molecule has 1 aliphatic heterocycles. The number of benzene rings is 3. The molecule has 162 valence electrons. The Morgan fingerprint density at radius 1 is 0.875 bits per heavy atom. The summed E-state index contributed by atoms with van der Waals surface area (Å²) in [6.07, 6.45) is 0. The summed E-state index contributed by atoms with van der Waals surface area (Å²) in [5.41, 5.74) is 1.41. The van der Waals surface area contributed by atoms with Crippen LogP contribution in [-0.4, -0.2) is 46.6 Å². The van der Waals surface area contributed by atoms with Gasteiger partial charge in [-0.05, 0) is 30.9 Å². The maximum absolute atomic E-state index is 13.2. The fourth-order valence-corrected chi connectivity index (χ4v) is 4.03. The van der Waals surface area contributed by atoms with Gasteiger partial charge in [0.1, 0.15) is 6.54 Å². The maximum atomic E-state index is 13.2. The van der Waals surface area contributed by atoms with Crippen LogP contribution >= 0.6 is 0 Å². The molecule has 3 aromatic carbocycles. The van der Waals surface area contributed by atoms with Crippen LogP contribution in [0.25, 0.3) is 10.8 Å². The monoisotopic (exact) mass is 429 g/mol. The third-order valence-corrected chi connectivity index (χ3v) is 5.72. The van der Waals surface area contributed by atoms with Crippen LogP contribution in [0, 0.1) is 0 Å². The summed E-state index contributed by atoms with van der Waals surface area (Å²) in [7, 11) is 0. The average molecular weight is 429 g/mol. The number of hydrogen-bond acceptors (Lipinski definition) is 4. The Kier molecular flexibility index (Phi) is 5.73. The van der Waals surface area contributed by atoms with E-state index in [0.29, 0.717) is 12.2 Å². The Bertz CT molecular complexity index is 1200. The van der Waals surface area contributed by atoms with E-state index in [0.717, 1.165) is 26.1 Å². The van der Waals surface area contributed by atoms with Crippen molar-refractivity contribution in [1.82, 2.24) is 9.80 Å². The van der Waals surface area contributed by atoms with E-state index >= 15 is 0 Å². The summed E-state index contributed by atoms with van der Waals surface area (Å²) in [6, 6.07) is 20.9. The van der Waals surface area contributed by atoms with E-state index in [9.17, 15) is 19.2 Å². The van der Waals surface area contributed by atoms with Crippen LogP contribution in [0.15, 0.2) is 72.8 Å². The van der Waals surface area contributed by atoms with Gasteiger partial charge in [-0.2, -0.15) is 0 Å². The molecule has 0 radical (unpaired) electrons. The van der Waals surface area contributed by atoms with Gasteiger partial charge in [0.15, 0.2) is 0 Å². The van der Waals surface area contributed by atoms with Gasteiger partial charge in [-0.25, -0.2) is 14.6 Å². The minimum atomic E-state index is -0.986. The van der Waals surface area contributed by atoms with Crippen LogP contribution in [0.3, 0.4) is 0 Å². The number of carbonyl (C=O) groups excluding carboxylic acids is 4. The van der Waals surface area contributed by atoms with Gasteiger partial charge in [0.2, 0.25) is 5.91 Å². The minimum absolute atomic E-state index is 0.348. The summed E-state index contributed by atoms with van der Waals surface area (Å²) in [5, 5.41) is 1.86. The number of urea groups is 1. The summed E-state index contributed by atoms with van der Waals surface area (Å²) < 4.78 is 0. The van der Waals surface area contributed by atoms with Crippen LogP contribution in [-0.2, 0) is 14.4 Å². The lowest BCUT2D eigenvalue weighted by atomic mass is 10.1. The third-order valence-electron chi connectivity index (χ3n) is 5.72. The van der Waals surface area contributed by atoms with Crippen molar-refractivity contribution in [2.75, 3.05) is 18.0 Å². The van der Waals surface area contributed by atoms with E-state index in [2.05, 4.69) is 0 Å². The van der Waals surface area contributed by atoms with Crippen molar-refractivity contribution >= 4 is 40.2 Å². The van der Waals surface area contributed by atoms with Gasteiger partial charge in [-0.15, -0.1) is 0 Å². The van der Waals surface area contributed by atoms with E-state index in [-0.39, 0.29) is 0 Å². The number of fused-ring (bicyclic) bond motifs is 1. The van der Waals surface area contributed by atoms with Gasteiger partial charge in [-0.3, -0.25) is 14.4 Å². The molecule has 4 rings (SSSR count). The first-order valence-corrected chi connectivity index (χ1v) is 10.5. The second kappa shape index (κ2) is 8.63. The van der Waals surface area contributed by atoms with E-state index < -0.39 is 36.3 Å². The zero-order chi connectivity index (χ0) is 22.8. The summed E-state index contributed by atoms with van der Waals surface area (Å²) >= 11 is 0. The Balaban J connectivity index is 1.59. The molecular weight excluding hydrogens is 406 g/mol. The van der Waals surface area contributed by atoms with Crippen molar-refractivity contribution in [2.24, 2.45) is 0 Å². The van der Waals surface area contributed by atoms with Crippen LogP contribution in [0.5, 0.6) is 0 Å². The van der Waals surface area contributed by atoms with Crippen molar-refractivity contribution in [3.8, 4) is 0 Å². The standard InChI is InChI=1S/C25H23N3O4/c1-3-26(21-15-9-13-19-12-7-8-14-20(19)21)22(29)16-27-23(30)24(31)28(25(27)32)17(2)18-10-5-4-6-11-18/h4-15,17H,3,16H2,1-2H3. The molecule has 0 spiro atoms. The van der Waals surface area contributed by atoms with Gasteiger partial charge in [0, 0.05) is 11.9 Å². The van der Waals surface area contributed by atoms with Crippen LogP contribution in [0.4, 0.5) is 10.5 Å². The number of likely N-dealkylation sites (N-methyl/N-ethyl adjacent to an activating group) is 1. The fraction of sp³-hybridized carbons (Fsp3) is 0.200. The molecule has 0 aliphatic carbocycles. The first kappa shape index (κ1) is 21.2. The van der Waals surface area contributed by atoms with Crippen LogP contribution in [0.2, 0.25) is 0 Å². The van der Waals surface area contributed by atoms with Crippen molar-refractivity contribution < 1.29 is 19.2 Å². The van der Waals surface area contributed by atoms with Gasteiger partial charge < -0.3 is 4.90 Å². The van der Waals surface area contributed by atoms with Crippen molar-refractivity contribution in [3.05, 3.63) is 78.4 Å². The zero-order valence-electron chi connectivity index (χ0n) is 17.9. The number of rotatable bonds is 6. The molecule has 5 amide bonds. The molecule has 32 heavy (non-hydrogen) atoms. The van der Waals surface area contributed by atoms with E-state index in [1.54, 1.807) is 31.2 Å². The zero-order valence-corrected chi connectivity index (χ0v) is 17.9. The predicted molar refractivity (Wildman–Crippen MR) is 121 cm³/mol. The van der Waals surface area contributed by atoms with Crippen LogP contribution < -0.4 is 4.90 Å². The quantitative estimate of drug-likeness (QED) is 0.442. The lowest BCUT2D eigenvalue weighted by molar-refractivity contribution is -0.144. The lowest BCUT2D eigenvalue weighted by Crippen LogP contribution is -2.43. The molecule has 7 nitrogen and oxygen atoms in total. The highest BCUT2D eigenvalue weighted by atomic mass is 16.2. The minimum Gasteiger partial charge on any atom is -0.311 e. The summed E-state index contributed by atoms with van der Waals surface area (Å²) in [5.74, 6) is -2.35. The number of carbonyl (C=O) groups is 4. The topological polar surface area (TPSA) is 78.0 Å². The van der Waals surface area contributed by atoms with Gasteiger partial charge >= 0.3 is 17.8 Å². The predicted octanol–water partition coefficient (Wildman–Crippen LogP) is 3.74. The lowest BCUT2D eigenvalue weighted by Gasteiger charge is -2.25. The highest BCUT2D eigenvalue weighted by Gasteiger charge is 2.47. The molecule has 0 saturated carbocycles. The second-order valence-electron chi connectivity index (χ2n) is 7.57. The molecule has 0 bridgehead atoms. The summed E-state index contributed by atoms with van der Waals surface area (Å²) in [4.78, 5) is 54.5. The Morgan fingerprint density at radius 3 is 2.25 bits per heavy atom. The van der Waals surface area contributed by atoms with Crippen molar-refractivity contribution in [3.63, 3.8) is 0 Å². The maximum Gasteiger partial charge on any atom is 0.335 e. The first-order valence-electron chi connectivity index (χ1n) is 10.5. The molecule has 1 heterocycles. The largest absolute Gasteiger partial charge is 0.335 e. The van der Waals surface area contributed by atoms with E-state index in [4.69, 9.17) is 0 Å². The second-order valence-corrected chi connectivity index (χ2v) is 7.57. The van der Waals surface area contributed by atoms with Gasteiger partial charge in [-0.1, -0.05) is 66.7 Å². The molecule has 0 aromatic heterocycles. The Labute approximate surface area is 185 Å². The number of hydrogen-bond donors (Lipinski definition) is 0. The average Bonchev–Trinajstić information content (AvgIpc) is 3.03. The van der Waals surface area contributed by atoms with E-state index in [1.807, 2.05) is 55.5 Å². The Hall–Kier alpha value is -4.00. The molecule has 3 aromatic rings. The number of nitrogens with zero attached hydrogens (tertiary/aromatic N) is 3. The number of amides is 5. The van der Waals surface area contributed by atoms with Crippen molar-refractivity contribution in [2.45, 2.75) is 19.9 Å². The molecule has 0 N–H and O–H groups in total.